The molecule has 21 heteroatoms. The Bertz CT molecular complexity index is 2780. The van der Waals surface area contributed by atoms with Crippen LogP contribution in [0.2, 0.25) is 0 Å². The van der Waals surface area contributed by atoms with Crippen LogP contribution in [0.5, 0.6) is 5.75 Å². The van der Waals surface area contributed by atoms with Crippen LogP contribution in [-0.4, -0.2) is 157 Å². The number of aliphatic hydroxyl groups is 2. The van der Waals surface area contributed by atoms with Crippen molar-refractivity contribution in [3.8, 4) is 28.0 Å². The number of hydrogen-bond acceptors (Lipinski definition) is 13. The number of nitrogens with two attached hydrogens (primary N) is 1. The van der Waals surface area contributed by atoms with Crippen molar-refractivity contribution in [3.05, 3.63) is 109 Å². The topological polar surface area (TPSA) is 296 Å². The fraction of sp³-hybridized carbons (Fsp3) is 0.426. The Morgan fingerprint density at radius 3 is 2.00 bits per heavy atom. The molecule has 9 N–H and O–H groups in total. The van der Waals surface area contributed by atoms with E-state index < -0.39 is 112 Å². The van der Waals surface area contributed by atoms with Crippen LogP contribution in [0, 0.1) is 0 Å². The summed E-state index contributed by atoms with van der Waals surface area (Å²) in [6, 6.07) is 21.6. The summed E-state index contributed by atoms with van der Waals surface area (Å²) in [6.07, 6.45) is 0.227. The number of sulfone groups is 1. The minimum absolute atomic E-state index is 0.0128. The number of aliphatic hydroxyl groups excluding tert-OH is 2. The number of fused-ring (bicyclic) bond motifs is 2. The van der Waals surface area contributed by atoms with Gasteiger partial charge in [0.1, 0.15) is 36.0 Å². The maximum Gasteiger partial charge on any atom is 0.251 e. The zero-order valence-corrected chi connectivity index (χ0v) is 42.8. The first-order valence-electron chi connectivity index (χ1n) is 25.3. The van der Waals surface area contributed by atoms with E-state index >= 15 is 0 Å². The van der Waals surface area contributed by atoms with Gasteiger partial charge in [-0.3, -0.25) is 33.6 Å². The SMILES string of the molecule is CCCCCOc1ccc(-c2ccc(-c3ccc(C(=O)NC4CCCNC(=O)C5CC(N)CN5C(=O)C(C(C)O)NC(=O)C(CS(=O)(=O)c5ccccc5)NC(=O)C5CC(O)CN5C(=O)CNC4=O)cc3)cc2)cc1. The molecular weight excluding hydrogens is 985 g/mol. The van der Waals surface area contributed by atoms with Gasteiger partial charge >= 0.3 is 0 Å². The number of unbranched alkanes of at least 4 members (excludes halogenated alkanes) is 2. The fourth-order valence-electron chi connectivity index (χ4n) is 9.40. The highest BCUT2D eigenvalue weighted by atomic mass is 32.2. The molecule has 3 heterocycles. The van der Waals surface area contributed by atoms with Gasteiger partial charge < -0.3 is 57.1 Å². The third-order valence-corrected chi connectivity index (χ3v) is 15.3. The number of rotatable bonds is 13. The average molecular weight is 1050 g/mol. The van der Waals surface area contributed by atoms with E-state index in [0.29, 0.717) is 6.61 Å². The van der Waals surface area contributed by atoms with E-state index in [9.17, 15) is 52.2 Å². The predicted molar refractivity (Wildman–Crippen MR) is 277 cm³/mol. The van der Waals surface area contributed by atoms with Crippen molar-refractivity contribution in [1.29, 1.82) is 0 Å². The highest BCUT2D eigenvalue weighted by molar-refractivity contribution is 7.91. The molecule has 0 saturated carbocycles. The van der Waals surface area contributed by atoms with E-state index in [-0.39, 0.29) is 55.8 Å². The van der Waals surface area contributed by atoms with Gasteiger partial charge in [-0.05, 0) is 91.3 Å². The molecule has 3 aliphatic rings. The molecule has 400 valence electrons. The maximum atomic E-state index is 14.2. The summed E-state index contributed by atoms with van der Waals surface area (Å²) in [5, 5.41) is 34.3. The van der Waals surface area contributed by atoms with E-state index in [1.165, 1.54) is 31.2 Å². The first-order valence-corrected chi connectivity index (χ1v) is 27.0. The number of carbonyl (C=O) groups excluding carboxylic acids is 7. The molecule has 3 aliphatic heterocycles. The Hall–Kier alpha value is -7.20. The van der Waals surface area contributed by atoms with Gasteiger partial charge in [0.2, 0.25) is 35.4 Å². The molecule has 75 heavy (non-hydrogen) atoms. The number of ether oxygens (including phenoxy) is 1. The Kier molecular flexibility index (Phi) is 18.8. The summed E-state index contributed by atoms with van der Waals surface area (Å²) >= 11 is 0. The van der Waals surface area contributed by atoms with E-state index in [2.05, 4.69) is 33.5 Å². The molecule has 0 radical (unpaired) electrons. The molecule has 4 aromatic carbocycles. The van der Waals surface area contributed by atoms with E-state index in [1.54, 1.807) is 30.3 Å². The molecule has 0 bridgehead atoms. The molecule has 0 spiro atoms. The first-order chi connectivity index (χ1) is 35.9. The average Bonchev–Trinajstić information content (AvgIpc) is 4.01. The maximum absolute atomic E-state index is 14.2. The Morgan fingerprint density at radius 1 is 0.760 bits per heavy atom. The third-order valence-electron chi connectivity index (χ3n) is 13.6. The molecule has 7 rings (SSSR count). The van der Waals surface area contributed by atoms with Crippen LogP contribution in [-0.2, 0) is 38.6 Å². The van der Waals surface area contributed by atoms with Gasteiger partial charge in [0.25, 0.3) is 5.91 Å². The summed E-state index contributed by atoms with van der Waals surface area (Å²) in [4.78, 5) is 99.5. The van der Waals surface area contributed by atoms with Crippen LogP contribution < -0.4 is 37.1 Å². The monoisotopic (exact) mass is 1050 g/mol. The largest absolute Gasteiger partial charge is 0.494 e. The second-order valence-corrected chi connectivity index (χ2v) is 21.3. The lowest BCUT2D eigenvalue weighted by Gasteiger charge is -2.31. The summed E-state index contributed by atoms with van der Waals surface area (Å²) in [5.41, 5.74) is 10.2. The molecule has 8 atom stereocenters. The van der Waals surface area contributed by atoms with Crippen LogP contribution >= 0.6 is 0 Å². The zero-order chi connectivity index (χ0) is 53.8. The summed E-state index contributed by atoms with van der Waals surface area (Å²) in [6.45, 7) is 2.82. The van der Waals surface area contributed by atoms with E-state index in [4.69, 9.17) is 10.5 Å². The molecular formula is C54H66N8O12S. The number of benzene rings is 4. The molecule has 0 aliphatic carbocycles. The van der Waals surface area contributed by atoms with Crippen molar-refractivity contribution in [2.24, 2.45) is 5.73 Å². The predicted octanol–water partition coefficient (Wildman–Crippen LogP) is 1.43. The fourth-order valence-corrected chi connectivity index (χ4v) is 10.8. The highest BCUT2D eigenvalue weighted by Crippen LogP contribution is 2.28. The highest BCUT2D eigenvalue weighted by Gasteiger charge is 2.44. The lowest BCUT2D eigenvalue weighted by Crippen LogP contribution is -2.61. The lowest BCUT2D eigenvalue weighted by atomic mass is 9.99. The Morgan fingerprint density at radius 2 is 1.37 bits per heavy atom. The van der Waals surface area contributed by atoms with Crippen molar-refractivity contribution in [3.63, 3.8) is 0 Å². The molecule has 0 aromatic heterocycles. The zero-order valence-electron chi connectivity index (χ0n) is 42.0. The van der Waals surface area contributed by atoms with Crippen molar-refractivity contribution in [2.45, 2.75) is 112 Å². The van der Waals surface area contributed by atoms with Crippen LogP contribution in [0.25, 0.3) is 22.3 Å². The summed E-state index contributed by atoms with van der Waals surface area (Å²) < 4.78 is 33.2. The van der Waals surface area contributed by atoms with Gasteiger partial charge in [0.15, 0.2) is 9.84 Å². The van der Waals surface area contributed by atoms with E-state index in [0.717, 1.165) is 57.1 Å². The van der Waals surface area contributed by atoms with Gasteiger partial charge in [0.05, 0.1) is 36.0 Å². The van der Waals surface area contributed by atoms with Gasteiger partial charge in [-0.25, -0.2) is 8.42 Å². The number of amides is 7. The second kappa shape index (κ2) is 25.4. The van der Waals surface area contributed by atoms with Gasteiger partial charge in [-0.2, -0.15) is 0 Å². The first kappa shape index (κ1) is 55.5. The molecule has 8 unspecified atom stereocenters. The number of carbonyl (C=O) groups is 7. The Labute approximate surface area is 436 Å². The standard InChI is InChI=1S/C54H66N8O12S/c1-3-4-8-26-74-41-23-21-37(22-24-41)35-15-13-34(14-16-35)36-17-19-38(20-18-36)49(66)58-43-12-9-25-56-52(69)45-27-39(55)30-62(45)54(71)48(33(2)63)60-51(68)44(32-75(72,73)42-10-6-5-7-11-42)59-53(70)46-28-40(64)31-61(46)47(65)29-57-50(43)67/h5-7,10-11,13-24,33,39-40,43-46,48,63-64H,3-4,8-9,12,25-32,55H2,1-2H3,(H,56,69)(H,57,67)(H,58,66)(H,59,70)(H,60,68). The Balaban J connectivity index is 1.08. The summed E-state index contributed by atoms with van der Waals surface area (Å²) in [7, 11) is -4.33. The number of hydrogen-bond donors (Lipinski definition) is 8. The molecule has 3 saturated heterocycles. The van der Waals surface area contributed by atoms with Gasteiger partial charge in [-0.1, -0.05) is 86.5 Å². The molecule has 20 nitrogen and oxygen atoms in total. The minimum Gasteiger partial charge on any atom is -0.494 e. The van der Waals surface area contributed by atoms with Crippen molar-refractivity contribution in [2.75, 3.05) is 38.5 Å². The number of nitrogens with one attached hydrogen (secondary N) is 5. The summed E-state index contributed by atoms with van der Waals surface area (Å²) in [5.74, 6) is -6.14. The lowest BCUT2D eigenvalue weighted by molar-refractivity contribution is -0.144. The van der Waals surface area contributed by atoms with Gasteiger partial charge in [-0.15, -0.1) is 0 Å². The smallest absolute Gasteiger partial charge is 0.251 e. The molecule has 3 fully saturated rings. The second-order valence-electron chi connectivity index (χ2n) is 19.2. The van der Waals surface area contributed by atoms with Crippen molar-refractivity contribution >= 4 is 51.2 Å². The van der Waals surface area contributed by atoms with Crippen LogP contribution in [0.4, 0.5) is 0 Å². The van der Waals surface area contributed by atoms with Gasteiger partial charge in [0, 0.05) is 37.7 Å². The van der Waals surface area contributed by atoms with E-state index in [1.807, 2.05) is 48.5 Å². The third kappa shape index (κ3) is 14.4. The molecule has 4 aromatic rings. The van der Waals surface area contributed by atoms with Crippen molar-refractivity contribution < 1.29 is 56.9 Å². The van der Waals surface area contributed by atoms with Crippen LogP contribution in [0.3, 0.4) is 0 Å². The number of nitrogens with zero attached hydrogens (tertiary/aromatic N) is 2. The van der Waals surface area contributed by atoms with Crippen LogP contribution in [0.15, 0.2) is 108 Å². The van der Waals surface area contributed by atoms with Crippen LogP contribution in [0.1, 0.15) is 69.2 Å². The molecule has 7 amide bonds. The normalized spacial score (nSPS) is 23.9. The quantitative estimate of drug-likeness (QED) is 0.0881. The minimum atomic E-state index is -4.33. The van der Waals surface area contributed by atoms with Crippen molar-refractivity contribution in [1.82, 2.24) is 36.4 Å².